The summed E-state index contributed by atoms with van der Waals surface area (Å²) in [5, 5.41) is 0.0429. The Morgan fingerprint density at radius 3 is 2.25 bits per heavy atom. The summed E-state index contributed by atoms with van der Waals surface area (Å²) in [6.07, 6.45) is 9.88. The second-order valence-corrected chi connectivity index (χ2v) is 5.67. The summed E-state index contributed by atoms with van der Waals surface area (Å²) in [5.74, 6) is 0.164. The van der Waals surface area contributed by atoms with Crippen LogP contribution < -0.4 is 0 Å². The van der Waals surface area contributed by atoms with Crippen molar-refractivity contribution in [2.24, 2.45) is 5.92 Å². The van der Waals surface area contributed by atoms with Gasteiger partial charge in [-0.2, -0.15) is 0 Å². The summed E-state index contributed by atoms with van der Waals surface area (Å²) in [5.41, 5.74) is 0. The highest BCUT2D eigenvalue weighted by Crippen LogP contribution is 2.29. The Balaban J connectivity index is 1.80. The molecule has 0 radical (unpaired) electrons. The smallest absolute Gasteiger partial charge is 0.309 e. The number of carbonyl (C=O) groups excluding carboxylic acids is 1. The molecule has 2 aliphatic rings. The molecule has 0 aliphatic heterocycles. The molecule has 0 saturated heterocycles. The first kappa shape index (κ1) is 12.2. The number of halogens is 1. The zero-order valence-corrected chi connectivity index (χ0v) is 10.5. The first-order chi connectivity index (χ1) is 7.77. The average molecular weight is 245 g/mol. The van der Waals surface area contributed by atoms with Gasteiger partial charge in [-0.15, -0.1) is 11.6 Å². The van der Waals surface area contributed by atoms with Crippen molar-refractivity contribution < 1.29 is 9.53 Å². The Kier molecular flexibility index (Phi) is 4.51. The zero-order chi connectivity index (χ0) is 11.4. The second-order valence-electron chi connectivity index (χ2n) is 5.11. The lowest BCUT2D eigenvalue weighted by atomic mass is 9.89. The van der Waals surface area contributed by atoms with Crippen molar-refractivity contribution in [1.29, 1.82) is 0 Å². The number of carbonyl (C=O) groups is 1. The van der Waals surface area contributed by atoms with Gasteiger partial charge in [0.15, 0.2) is 0 Å². The highest BCUT2D eigenvalue weighted by atomic mass is 35.5. The molecule has 0 bridgehead atoms. The fourth-order valence-electron chi connectivity index (χ4n) is 2.77. The van der Waals surface area contributed by atoms with E-state index in [0.29, 0.717) is 0 Å². The van der Waals surface area contributed by atoms with Crippen LogP contribution in [-0.2, 0) is 9.53 Å². The molecule has 2 nitrogen and oxygen atoms in total. The predicted molar refractivity (Wildman–Crippen MR) is 64.6 cm³/mol. The van der Waals surface area contributed by atoms with Crippen molar-refractivity contribution in [2.75, 3.05) is 0 Å². The van der Waals surface area contributed by atoms with E-state index in [1.165, 1.54) is 25.7 Å². The Morgan fingerprint density at radius 1 is 0.938 bits per heavy atom. The van der Waals surface area contributed by atoms with E-state index in [4.69, 9.17) is 16.3 Å². The van der Waals surface area contributed by atoms with Gasteiger partial charge in [-0.1, -0.05) is 25.7 Å². The van der Waals surface area contributed by atoms with Crippen LogP contribution in [0.25, 0.3) is 0 Å². The Hall–Kier alpha value is -0.240. The molecule has 0 spiro atoms. The molecule has 0 unspecified atom stereocenters. The zero-order valence-electron chi connectivity index (χ0n) is 9.79. The van der Waals surface area contributed by atoms with Gasteiger partial charge in [0, 0.05) is 0 Å². The summed E-state index contributed by atoms with van der Waals surface area (Å²) in [6.45, 7) is 0. The molecule has 0 heterocycles. The van der Waals surface area contributed by atoms with Gasteiger partial charge in [-0.3, -0.25) is 4.79 Å². The Morgan fingerprint density at radius 2 is 1.56 bits per heavy atom. The number of ether oxygens (including phenoxy) is 1. The van der Waals surface area contributed by atoms with Crippen LogP contribution in [0, 0.1) is 5.92 Å². The van der Waals surface area contributed by atoms with E-state index in [1.54, 1.807) is 0 Å². The van der Waals surface area contributed by atoms with Gasteiger partial charge in [0.05, 0.1) is 11.3 Å². The number of rotatable bonds is 2. The minimum atomic E-state index is -0.0233. The first-order valence-corrected chi connectivity index (χ1v) is 7.05. The average Bonchev–Trinajstić information content (AvgIpc) is 2.33. The lowest BCUT2D eigenvalue weighted by molar-refractivity contribution is -0.156. The van der Waals surface area contributed by atoms with Crippen LogP contribution in [0.15, 0.2) is 0 Å². The highest BCUT2D eigenvalue weighted by molar-refractivity contribution is 6.21. The van der Waals surface area contributed by atoms with E-state index in [1.807, 2.05) is 0 Å². The SMILES string of the molecule is O=C(O[C@H]1CCCC[C@@H]1Cl)C1CCCCC1. The molecule has 0 aromatic heterocycles. The molecule has 3 heteroatoms. The minimum absolute atomic E-state index is 0.0113. The van der Waals surface area contributed by atoms with Crippen molar-refractivity contribution in [3.8, 4) is 0 Å². The van der Waals surface area contributed by atoms with Crippen molar-refractivity contribution in [1.82, 2.24) is 0 Å². The molecule has 2 aliphatic carbocycles. The monoisotopic (exact) mass is 244 g/mol. The van der Waals surface area contributed by atoms with Crippen LogP contribution >= 0.6 is 11.6 Å². The molecule has 0 N–H and O–H groups in total. The van der Waals surface area contributed by atoms with Crippen molar-refractivity contribution in [3.63, 3.8) is 0 Å². The molecular formula is C13H21ClO2. The van der Waals surface area contributed by atoms with Crippen LogP contribution in [0.3, 0.4) is 0 Å². The van der Waals surface area contributed by atoms with E-state index in [9.17, 15) is 4.79 Å². The summed E-state index contributed by atoms with van der Waals surface area (Å²) in [6, 6.07) is 0. The molecule has 2 saturated carbocycles. The van der Waals surface area contributed by atoms with Crippen molar-refractivity contribution in [3.05, 3.63) is 0 Å². The topological polar surface area (TPSA) is 26.3 Å². The number of esters is 1. The minimum Gasteiger partial charge on any atom is -0.461 e. The van der Waals surface area contributed by atoms with Crippen LogP contribution in [0.5, 0.6) is 0 Å². The molecule has 0 aromatic carbocycles. The number of hydrogen-bond donors (Lipinski definition) is 0. The maximum absolute atomic E-state index is 11.9. The third-order valence-corrected chi connectivity index (χ3v) is 4.33. The maximum atomic E-state index is 11.9. The van der Waals surface area contributed by atoms with Crippen molar-refractivity contribution in [2.45, 2.75) is 69.3 Å². The quantitative estimate of drug-likeness (QED) is 0.547. The van der Waals surface area contributed by atoms with E-state index in [-0.39, 0.29) is 23.4 Å². The summed E-state index contributed by atoms with van der Waals surface area (Å²) < 4.78 is 5.57. The molecule has 2 atom stereocenters. The van der Waals surface area contributed by atoms with E-state index < -0.39 is 0 Å². The van der Waals surface area contributed by atoms with Gasteiger partial charge in [0.2, 0.25) is 0 Å². The lowest BCUT2D eigenvalue weighted by Gasteiger charge is -2.29. The van der Waals surface area contributed by atoms with Crippen molar-refractivity contribution >= 4 is 17.6 Å². The molecule has 2 fully saturated rings. The fourth-order valence-corrected chi connectivity index (χ4v) is 3.10. The van der Waals surface area contributed by atoms with Crippen LogP contribution in [0.1, 0.15) is 57.8 Å². The summed E-state index contributed by atoms with van der Waals surface area (Å²) >= 11 is 6.19. The molecule has 2 rings (SSSR count). The molecule has 0 amide bonds. The van der Waals surface area contributed by atoms with E-state index >= 15 is 0 Å². The second kappa shape index (κ2) is 5.90. The van der Waals surface area contributed by atoms with Crippen LogP contribution in [0.4, 0.5) is 0 Å². The first-order valence-electron chi connectivity index (χ1n) is 6.62. The third kappa shape index (κ3) is 3.13. The van der Waals surface area contributed by atoms with Gasteiger partial charge >= 0.3 is 5.97 Å². The maximum Gasteiger partial charge on any atom is 0.309 e. The Labute approximate surface area is 103 Å². The third-order valence-electron chi connectivity index (χ3n) is 3.83. The van der Waals surface area contributed by atoms with Crippen LogP contribution in [0.2, 0.25) is 0 Å². The fraction of sp³-hybridized carbons (Fsp3) is 0.923. The summed E-state index contributed by atoms with van der Waals surface area (Å²) in [7, 11) is 0. The van der Waals surface area contributed by atoms with Gasteiger partial charge in [0.1, 0.15) is 6.10 Å². The van der Waals surface area contributed by atoms with Gasteiger partial charge in [0.25, 0.3) is 0 Å². The molecular weight excluding hydrogens is 224 g/mol. The Bertz CT molecular complexity index is 236. The predicted octanol–water partition coefficient (Wildman–Crippen LogP) is 3.66. The standard InChI is InChI=1S/C13H21ClO2/c14-11-8-4-5-9-12(11)16-13(15)10-6-2-1-3-7-10/h10-12H,1-9H2/t11-,12-/m0/s1. The summed E-state index contributed by atoms with van der Waals surface area (Å²) in [4.78, 5) is 11.9. The lowest BCUT2D eigenvalue weighted by Crippen LogP contribution is -2.33. The molecule has 16 heavy (non-hydrogen) atoms. The van der Waals surface area contributed by atoms with Gasteiger partial charge in [-0.25, -0.2) is 0 Å². The molecule has 92 valence electrons. The van der Waals surface area contributed by atoms with E-state index in [2.05, 4.69) is 0 Å². The van der Waals surface area contributed by atoms with E-state index in [0.717, 1.165) is 32.1 Å². The number of alkyl halides is 1. The van der Waals surface area contributed by atoms with Gasteiger partial charge < -0.3 is 4.74 Å². The molecule has 0 aromatic rings. The highest BCUT2D eigenvalue weighted by Gasteiger charge is 2.30. The largest absolute Gasteiger partial charge is 0.461 e. The van der Waals surface area contributed by atoms with Gasteiger partial charge in [-0.05, 0) is 32.1 Å². The van der Waals surface area contributed by atoms with Crippen LogP contribution in [-0.4, -0.2) is 17.5 Å². The normalized spacial score (nSPS) is 32.3. The number of hydrogen-bond acceptors (Lipinski definition) is 2.